The number of hydroxylamine groups is 1. The number of piperazine rings is 1. The first-order valence-electron chi connectivity index (χ1n) is 27.0. The van der Waals surface area contributed by atoms with E-state index in [-0.39, 0.29) is 42.3 Å². The average molecular weight is 1030 g/mol. The third-order valence-electron chi connectivity index (χ3n) is 16.9. The lowest BCUT2D eigenvalue weighted by Gasteiger charge is -2.42. The molecule has 5 atom stereocenters. The number of β-amino-alcohol motifs (C(OH)–C–C–N with tert-alkyl or cyclic N) is 1. The Labute approximate surface area is 440 Å². The standard InChI is InChI=1S/C58H64FN11O6/c1-34(2)54(57(74)69-33-42(71)25-50(69)56(73)66-75-43-19-13-36(14-20-43)44-7-3-5-9-47(44)59)53-27-48(65-76-53)37-11-15-39(16-12-37)67-23-21-35(22-24-67)38-28-61-58(62-29-38)70-40-17-18-41(70)32-68(31-40)51-30-60-55-46(51)26-49(63-64-55)45-8-4-6-10-52(45)72/h3-10,13-14,19-20,26-30,34-35,37,39-42,50,54,71-72H,11-12,15-18,21-25,31-33H2,1-2H3,(H,60,64)(H,66,73)/t37-,39+,40?,41?,42-,50+,54-/m1/s1. The topological polar surface area (TPSA) is 202 Å². The third kappa shape index (κ3) is 9.72. The number of aromatic hydroxyl groups is 1. The predicted octanol–water partition coefficient (Wildman–Crippen LogP) is 8.49. The van der Waals surface area contributed by atoms with Crippen molar-refractivity contribution in [3.63, 3.8) is 0 Å². The number of H-pyrrole nitrogens is 1. The van der Waals surface area contributed by atoms with E-state index in [1.807, 2.05) is 44.3 Å². The van der Waals surface area contributed by atoms with E-state index >= 15 is 0 Å². The Balaban J connectivity index is 0.615. The Bertz CT molecular complexity index is 3180. The van der Waals surface area contributed by atoms with Gasteiger partial charge in [0.2, 0.25) is 11.9 Å². The number of hydrogen-bond acceptors (Lipinski definition) is 14. The lowest BCUT2D eigenvalue weighted by molar-refractivity contribution is -0.143. The number of aliphatic hydroxyl groups excluding tert-OH is 1. The molecule has 0 radical (unpaired) electrons. The molecule has 5 fully saturated rings. The molecule has 2 bridgehead atoms. The zero-order valence-electron chi connectivity index (χ0n) is 42.8. The first-order chi connectivity index (χ1) is 37.0. The number of benzene rings is 3. The van der Waals surface area contributed by atoms with Crippen molar-refractivity contribution < 1.29 is 33.6 Å². The second-order valence-corrected chi connectivity index (χ2v) is 21.9. The van der Waals surface area contributed by atoms with Crippen molar-refractivity contribution in [1.29, 1.82) is 0 Å². The molecule has 17 nitrogen and oxygen atoms in total. The van der Waals surface area contributed by atoms with Gasteiger partial charge < -0.3 is 44.2 Å². The summed E-state index contributed by atoms with van der Waals surface area (Å²) in [4.78, 5) is 55.7. The number of carbonyl (C=O) groups excluding carboxylic acids is 2. The minimum absolute atomic E-state index is 0.0105. The van der Waals surface area contributed by atoms with Crippen LogP contribution in [0.2, 0.25) is 0 Å². The molecule has 4 N–H and O–H groups in total. The highest BCUT2D eigenvalue weighted by Crippen LogP contribution is 2.42. The van der Waals surface area contributed by atoms with Gasteiger partial charge in [0.25, 0.3) is 5.91 Å². The molecule has 394 valence electrons. The van der Waals surface area contributed by atoms with Crippen LogP contribution >= 0.6 is 0 Å². The number of nitrogens with one attached hydrogen (secondary N) is 2. The fourth-order valence-corrected chi connectivity index (χ4v) is 12.9. The minimum Gasteiger partial charge on any atom is -0.507 e. The molecule has 18 heteroatoms. The Kier molecular flexibility index (Phi) is 13.6. The predicted molar refractivity (Wildman–Crippen MR) is 284 cm³/mol. The number of phenolic OH excluding ortho intramolecular Hbond substituents is 1. The zero-order chi connectivity index (χ0) is 52.0. The number of likely N-dealkylation sites (tertiary alicyclic amines) is 2. The molecule has 4 aromatic heterocycles. The van der Waals surface area contributed by atoms with Gasteiger partial charge in [-0.1, -0.05) is 61.5 Å². The van der Waals surface area contributed by atoms with Crippen LogP contribution in [-0.4, -0.2) is 125 Å². The number of aromatic amines is 1. The van der Waals surface area contributed by atoms with Crippen LogP contribution in [0.4, 0.5) is 16.0 Å². The summed E-state index contributed by atoms with van der Waals surface area (Å²) >= 11 is 0. The molecule has 1 saturated carbocycles. The maximum atomic E-state index is 14.3. The molecule has 76 heavy (non-hydrogen) atoms. The smallest absolute Gasteiger partial charge is 0.275 e. The van der Waals surface area contributed by atoms with Gasteiger partial charge in [0, 0.05) is 91.3 Å². The summed E-state index contributed by atoms with van der Waals surface area (Å²) in [6.07, 6.45) is 13.8. The molecule has 4 aliphatic heterocycles. The summed E-state index contributed by atoms with van der Waals surface area (Å²) in [7, 11) is 0. The summed E-state index contributed by atoms with van der Waals surface area (Å²) < 4.78 is 20.3. The van der Waals surface area contributed by atoms with Crippen LogP contribution in [0.1, 0.15) is 106 Å². The highest BCUT2D eigenvalue weighted by molar-refractivity contribution is 5.93. The average Bonchev–Trinajstić information content (AvgIpc) is 4.26. The Morgan fingerprint density at radius 3 is 2.22 bits per heavy atom. The number of phenols is 1. The van der Waals surface area contributed by atoms with Gasteiger partial charge in [-0.3, -0.25) is 9.59 Å². The molecule has 0 spiro atoms. The van der Waals surface area contributed by atoms with Gasteiger partial charge >= 0.3 is 0 Å². The van der Waals surface area contributed by atoms with E-state index in [2.05, 4.69) is 52.9 Å². The number of piperidine rings is 1. The van der Waals surface area contributed by atoms with Crippen molar-refractivity contribution in [3.05, 3.63) is 126 Å². The summed E-state index contributed by atoms with van der Waals surface area (Å²) in [6, 6.07) is 24.5. The number of aromatic nitrogens is 6. The van der Waals surface area contributed by atoms with E-state index in [4.69, 9.17) is 19.3 Å². The molecular weight excluding hydrogens is 966 g/mol. The minimum atomic E-state index is -0.948. The van der Waals surface area contributed by atoms with E-state index < -0.39 is 24.0 Å². The summed E-state index contributed by atoms with van der Waals surface area (Å²) in [5.74, 6) is 0.398. The summed E-state index contributed by atoms with van der Waals surface area (Å²) in [5, 5.41) is 35.6. The molecule has 1 aliphatic carbocycles. The SMILES string of the molecule is CC(C)[C@@H](C(=O)N1C[C@H](O)C[C@H]1C(=O)NOc1ccc(-c2ccccc2F)cc1)c1cc([C@H]2CC[C@@H](N3CCC(c4cnc(N5C6CCC5CN(c5c[nH]c7nnc(-c8ccccc8O)cc57)C6)nc4)CC3)CC2)no1. The number of fused-ring (bicyclic) bond motifs is 3. The maximum Gasteiger partial charge on any atom is 0.275 e. The number of aliphatic hydroxyl groups is 1. The molecular formula is C58H64FN11O6. The van der Waals surface area contributed by atoms with E-state index in [1.54, 1.807) is 54.6 Å². The van der Waals surface area contributed by atoms with E-state index in [0.717, 1.165) is 106 Å². The third-order valence-corrected chi connectivity index (χ3v) is 16.9. The van der Waals surface area contributed by atoms with Gasteiger partial charge in [-0.25, -0.2) is 14.4 Å². The number of hydrogen-bond donors (Lipinski definition) is 4. The van der Waals surface area contributed by atoms with Crippen LogP contribution in [0.15, 0.2) is 108 Å². The molecule has 12 rings (SSSR count). The number of para-hydroxylation sites is 1. The second kappa shape index (κ2) is 20.9. The van der Waals surface area contributed by atoms with Gasteiger partial charge in [-0.05, 0) is 124 Å². The molecule has 3 aromatic carbocycles. The fraction of sp³-hybridized carbons (Fsp3) is 0.431. The lowest BCUT2D eigenvalue weighted by atomic mass is 9.81. The Morgan fingerprint density at radius 2 is 1.51 bits per heavy atom. The summed E-state index contributed by atoms with van der Waals surface area (Å²) in [5.41, 5.74) is 8.79. The number of carbonyl (C=O) groups is 2. The van der Waals surface area contributed by atoms with Gasteiger partial charge in [-0.15, -0.1) is 10.2 Å². The number of amides is 2. The first kappa shape index (κ1) is 49.4. The van der Waals surface area contributed by atoms with Crippen molar-refractivity contribution >= 4 is 34.5 Å². The largest absolute Gasteiger partial charge is 0.507 e. The lowest BCUT2D eigenvalue weighted by Crippen LogP contribution is -2.54. The molecule has 8 heterocycles. The van der Waals surface area contributed by atoms with Crippen LogP contribution < -0.4 is 20.1 Å². The van der Waals surface area contributed by atoms with Crippen LogP contribution in [0.5, 0.6) is 11.5 Å². The van der Waals surface area contributed by atoms with Crippen LogP contribution in [0, 0.1) is 11.7 Å². The van der Waals surface area contributed by atoms with Crippen molar-refractivity contribution in [2.75, 3.05) is 42.5 Å². The molecule has 4 saturated heterocycles. The van der Waals surface area contributed by atoms with Gasteiger partial charge in [-0.2, -0.15) is 5.48 Å². The van der Waals surface area contributed by atoms with E-state index in [9.17, 15) is 24.2 Å². The molecule has 2 unspecified atom stereocenters. The molecule has 2 amide bonds. The van der Waals surface area contributed by atoms with Crippen LogP contribution in [-0.2, 0) is 9.59 Å². The zero-order valence-corrected chi connectivity index (χ0v) is 42.8. The second-order valence-electron chi connectivity index (χ2n) is 21.9. The monoisotopic (exact) mass is 1030 g/mol. The van der Waals surface area contributed by atoms with Gasteiger partial charge in [0.05, 0.1) is 23.2 Å². The quantitative estimate of drug-likeness (QED) is 0.0801. The van der Waals surface area contributed by atoms with Crippen molar-refractivity contribution in [1.82, 2.24) is 45.6 Å². The Hall–Kier alpha value is -7.44. The Morgan fingerprint density at radius 1 is 0.816 bits per heavy atom. The van der Waals surface area contributed by atoms with Gasteiger partial charge in [0.1, 0.15) is 29.3 Å². The maximum absolute atomic E-state index is 14.3. The van der Waals surface area contributed by atoms with Crippen LogP contribution in [0.3, 0.4) is 0 Å². The first-order valence-corrected chi connectivity index (χ1v) is 27.0. The summed E-state index contributed by atoms with van der Waals surface area (Å²) in [6.45, 7) is 7.69. The van der Waals surface area contributed by atoms with Crippen LogP contribution in [0.25, 0.3) is 33.4 Å². The van der Waals surface area contributed by atoms with E-state index in [0.29, 0.717) is 57.9 Å². The fourth-order valence-electron chi connectivity index (χ4n) is 12.9. The number of anilines is 2. The molecule has 7 aromatic rings. The van der Waals surface area contributed by atoms with Crippen molar-refractivity contribution in [2.24, 2.45) is 5.92 Å². The number of halogens is 1. The van der Waals surface area contributed by atoms with Crippen molar-refractivity contribution in [2.45, 2.75) is 120 Å². The number of nitrogens with zero attached hydrogens (tertiary/aromatic N) is 9. The molecule has 5 aliphatic rings. The highest BCUT2D eigenvalue weighted by Gasteiger charge is 2.45. The number of rotatable bonds is 13. The van der Waals surface area contributed by atoms with Gasteiger partial charge in [0.15, 0.2) is 11.4 Å². The normalized spacial score (nSPS) is 23.6. The van der Waals surface area contributed by atoms with Crippen molar-refractivity contribution in [3.8, 4) is 33.9 Å². The highest BCUT2D eigenvalue weighted by atomic mass is 19.1. The van der Waals surface area contributed by atoms with E-state index in [1.165, 1.54) is 16.5 Å².